The normalized spacial score (nSPS) is 10.1. The van der Waals surface area contributed by atoms with Crippen molar-refractivity contribution in [2.75, 3.05) is 19.5 Å². The second-order valence-electron chi connectivity index (χ2n) is 4.86. The molecule has 0 aliphatic heterocycles. The van der Waals surface area contributed by atoms with Crippen LogP contribution in [0.5, 0.6) is 5.75 Å². The Morgan fingerprint density at radius 2 is 1.91 bits per heavy atom. The van der Waals surface area contributed by atoms with Gasteiger partial charge in [-0.05, 0) is 36.5 Å². The summed E-state index contributed by atoms with van der Waals surface area (Å²) in [6.07, 6.45) is 0. The molecule has 0 unspecified atom stereocenters. The predicted octanol–water partition coefficient (Wildman–Crippen LogP) is 3.79. The fraction of sp³-hybridized carbons (Fsp3) is 0.188. The summed E-state index contributed by atoms with van der Waals surface area (Å²) in [6.45, 7) is 0.605. The van der Waals surface area contributed by atoms with Gasteiger partial charge in [-0.15, -0.1) is 0 Å². The van der Waals surface area contributed by atoms with E-state index in [0.29, 0.717) is 11.7 Å². The first kappa shape index (κ1) is 16.7. The monoisotopic (exact) mass is 379 g/mol. The minimum Gasteiger partial charge on any atom is -0.431 e. The summed E-state index contributed by atoms with van der Waals surface area (Å²) < 4.78 is 6.70. The second kappa shape index (κ2) is 8.12. The number of hydrogen-bond donors (Lipinski definition) is 2. The molecule has 0 aliphatic rings. The van der Waals surface area contributed by atoms with Crippen LogP contribution in [0.4, 0.5) is 5.69 Å². The van der Waals surface area contributed by atoms with E-state index in [1.807, 2.05) is 62.6 Å². The smallest absolute Gasteiger partial charge is 0.264 e. The highest BCUT2D eigenvalue weighted by Gasteiger charge is 2.09. The van der Waals surface area contributed by atoms with Crippen LogP contribution in [0.2, 0.25) is 0 Å². The van der Waals surface area contributed by atoms with Gasteiger partial charge in [0.25, 0.3) is 5.17 Å². The quantitative estimate of drug-likeness (QED) is 0.610. The number of benzene rings is 2. The Morgan fingerprint density at radius 1 is 1.18 bits per heavy atom. The molecule has 0 spiro atoms. The third-order valence-corrected chi connectivity index (χ3v) is 3.82. The van der Waals surface area contributed by atoms with Crippen molar-refractivity contribution in [3.05, 3.63) is 58.6 Å². The Bertz CT molecular complexity index is 635. The maximum absolute atomic E-state index is 5.75. The van der Waals surface area contributed by atoms with Crippen LogP contribution in [-0.4, -0.2) is 24.2 Å². The number of thiocarbonyl (C=S) groups is 1. The van der Waals surface area contributed by atoms with Gasteiger partial charge in [0.15, 0.2) is 0 Å². The van der Waals surface area contributed by atoms with Crippen molar-refractivity contribution in [1.82, 2.24) is 10.3 Å². The van der Waals surface area contributed by atoms with Gasteiger partial charge in [0.05, 0.1) is 0 Å². The van der Waals surface area contributed by atoms with E-state index >= 15 is 0 Å². The molecule has 2 N–H and O–H groups in total. The first-order valence-electron chi connectivity index (χ1n) is 6.78. The second-order valence-corrected chi connectivity index (χ2v) is 6.12. The number of anilines is 1. The zero-order valence-electron chi connectivity index (χ0n) is 12.5. The lowest BCUT2D eigenvalue weighted by Gasteiger charge is -2.17. The fourth-order valence-corrected chi connectivity index (χ4v) is 2.15. The number of rotatable bonds is 5. The zero-order chi connectivity index (χ0) is 15.9. The number of hydrogen-bond acceptors (Lipinski definition) is 4. The molecule has 0 bridgehead atoms. The van der Waals surface area contributed by atoms with Gasteiger partial charge in [0.1, 0.15) is 5.75 Å². The number of halogens is 1. The average molecular weight is 380 g/mol. The third kappa shape index (κ3) is 4.98. The Morgan fingerprint density at radius 3 is 2.59 bits per heavy atom. The van der Waals surface area contributed by atoms with Crippen molar-refractivity contribution >= 4 is 39.0 Å². The molecule has 2 aromatic rings. The van der Waals surface area contributed by atoms with Crippen molar-refractivity contribution < 1.29 is 4.74 Å². The Kier molecular flexibility index (Phi) is 6.18. The lowest BCUT2D eigenvalue weighted by atomic mass is 10.2. The van der Waals surface area contributed by atoms with Crippen molar-refractivity contribution in [2.45, 2.75) is 6.54 Å². The average Bonchev–Trinajstić information content (AvgIpc) is 2.50. The molecule has 0 aromatic heterocycles. The molecule has 0 saturated heterocycles. The van der Waals surface area contributed by atoms with Crippen molar-refractivity contribution in [1.29, 1.82) is 0 Å². The van der Waals surface area contributed by atoms with E-state index in [1.165, 1.54) is 0 Å². The first-order chi connectivity index (χ1) is 10.6. The molecule has 0 aliphatic carbocycles. The zero-order valence-corrected chi connectivity index (χ0v) is 14.9. The number of ether oxygens (including phenoxy) is 1. The summed E-state index contributed by atoms with van der Waals surface area (Å²) in [5.74, 6) is 0.732. The molecular formula is C16H18BrN3OS. The molecule has 4 nitrogen and oxygen atoms in total. The van der Waals surface area contributed by atoms with Crippen LogP contribution >= 0.6 is 28.1 Å². The van der Waals surface area contributed by atoms with Gasteiger partial charge in [0, 0.05) is 36.4 Å². The number of para-hydroxylation sites is 1. The minimum atomic E-state index is 0.426. The van der Waals surface area contributed by atoms with E-state index in [-0.39, 0.29) is 0 Å². The minimum absolute atomic E-state index is 0.426. The number of nitrogens with zero attached hydrogens (tertiary/aromatic N) is 1. The Balaban J connectivity index is 2.02. The lowest BCUT2D eigenvalue weighted by Crippen LogP contribution is -2.26. The van der Waals surface area contributed by atoms with Crippen LogP contribution in [0, 0.1) is 0 Å². The molecule has 0 amide bonds. The van der Waals surface area contributed by atoms with Gasteiger partial charge in [-0.1, -0.05) is 40.2 Å². The van der Waals surface area contributed by atoms with E-state index in [9.17, 15) is 0 Å². The van der Waals surface area contributed by atoms with Crippen LogP contribution in [0.15, 0.2) is 53.0 Å². The molecule has 0 fully saturated rings. The fourth-order valence-electron chi connectivity index (χ4n) is 1.72. The third-order valence-electron chi connectivity index (χ3n) is 2.88. The summed E-state index contributed by atoms with van der Waals surface area (Å²) in [5.41, 5.74) is 8.34. The van der Waals surface area contributed by atoms with Crippen LogP contribution in [-0.2, 0) is 6.54 Å². The van der Waals surface area contributed by atoms with Crippen LogP contribution < -0.4 is 15.6 Å². The molecule has 6 heteroatoms. The van der Waals surface area contributed by atoms with Gasteiger partial charge in [-0.25, -0.2) is 5.43 Å². The molecule has 0 heterocycles. The van der Waals surface area contributed by atoms with E-state index < -0.39 is 0 Å². The molecule has 0 atom stereocenters. The van der Waals surface area contributed by atoms with Gasteiger partial charge in [0.2, 0.25) is 0 Å². The van der Waals surface area contributed by atoms with Crippen LogP contribution in [0.25, 0.3) is 0 Å². The topological polar surface area (TPSA) is 36.5 Å². The van der Waals surface area contributed by atoms with Gasteiger partial charge < -0.3 is 15.1 Å². The van der Waals surface area contributed by atoms with E-state index in [1.54, 1.807) is 4.90 Å². The van der Waals surface area contributed by atoms with Gasteiger partial charge >= 0.3 is 0 Å². The summed E-state index contributed by atoms with van der Waals surface area (Å²) >= 11 is 8.66. The number of nitrogens with one attached hydrogen (secondary N) is 2. The van der Waals surface area contributed by atoms with E-state index in [0.717, 1.165) is 21.5 Å². The molecule has 0 radical (unpaired) electrons. The first-order valence-corrected chi connectivity index (χ1v) is 7.98. The Labute approximate surface area is 144 Å². The summed E-state index contributed by atoms with van der Waals surface area (Å²) in [6, 6.07) is 15.8. The van der Waals surface area contributed by atoms with Crippen molar-refractivity contribution in [2.24, 2.45) is 0 Å². The van der Waals surface area contributed by atoms with Gasteiger partial charge in [-0.3, -0.25) is 0 Å². The largest absolute Gasteiger partial charge is 0.431 e. The summed E-state index contributed by atoms with van der Waals surface area (Å²) in [7, 11) is 3.71. The molecular weight excluding hydrogens is 362 g/mol. The summed E-state index contributed by atoms with van der Waals surface area (Å²) in [5, 5.41) is 0.426. The Hall–Kier alpha value is -1.63. The van der Waals surface area contributed by atoms with Crippen LogP contribution in [0.3, 0.4) is 0 Å². The van der Waals surface area contributed by atoms with E-state index in [2.05, 4.69) is 26.8 Å². The van der Waals surface area contributed by atoms with Crippen molar-refractivity contribution in [3.8, 4) is 5.75 Å². The van der Waals surface area contributed by atoms with Crippen LogP contribution in [0.1, 0.15) is 5.56 Å². The molecule has 0 saturated carbocycles. The molecule has 22 heavy (non-hydrogen) atoms. The molecule has 116 valence electrons. The molecule has 2 aromatic carbocycles. The maximum Gasteiger partial charge on any atom is 0.264 e. The lowest BCUT2D eigenvalue weighted by molar-refractivity contribution is 0.444. The highest BCUT2D eigenvalue weighted by Crippen LogP contribution is 2.24. The number of hydrazine groups is 1. The highest BCUT2D eigenvalue weighted by atomic mass is 79.9. The van der Waals surface area contributed by atoms with E-state index in [4.69, 9.17) is 17.0 Å². The van der Waals surface area contributed by atoms with Gasteiger partial charge in [-0.2, -0.15) is 0 Å². The SMILES string of the molecule is CN(C)C(=S)Oc1cc(Br)ccc1CNNc1ccccc1. The predicted molar refractivity (Wildman–Crippen MR) is 98.0 cm³/mol. The highest BCUT2D eigenvalue weighted by molar-refractivity contribution is 9.10. The summed E-state index contributed by atoms with van der Waals surface area (Å²) in [4.78, 5) is 1.76. The molecule has 2 rings (SSSR count). The standard InChI is InChI=1S/C16H18BrN3OS/c1-20(2)16(22)21-15-10-13(17)9-8-12(15)11-18-19-14-6-4-3-5-7-14/h3-10,18-19H,11H2,1-2H3. The maximum atomic E-state index is 5.75. The van der Waals surface area contributed by atoms with Crippen molar-refractivity contribution in [3.63, 3.8) is 0 Å².